The lowest BCUT2D eigenvalue weighted by atomic mass is 9.94. The summed E-state index contributed by atoms with van der Waals surface area (Å²) in [5.74, 6) is 0. The zero-order chi connectivity index (χ0) is 16.1. The van der Waals surface area contributed by atoms with Crippen molar-refractivity contribution in [3.8, 4) is 17.3 Å². The van der Waals surface area contributed by atoms with Crippen LogP contribution in [0.15, 0.2) is 30.5 Å². The highest BCUT2D eigenvalue weighted by molar-refractivity contribution is 5.74. The van der Waals surface area contributed by atoms with Gasteiger partial charge in [0.05, 0.1) is 17.3 Å². The molecule has 1 aromatic carbocycles. The number of aryl methyl sites for hydroxylation is 2. The van der Waals surface area contributed by atoms with Crippen LogP contribution in [0.1, 0.15) is 37.0 Å². The van der Waals surface area contributed by atoms with Gasteiger partial charge in [-0.1, -0.05) is 19.9 Å². The van der Waals surface area contributed by atoms with E-state index in [1.807, 2.05) is 45.2 Å². The fourth-order valence-corrected chi connectivity index (χ4v) is 2.75. The lowest BCUT2D eigenvalue weighted by Gasteiger charge is -2.28. The molecule has 1 aliphatic heterocycles. The van der Waals surface area contributed by atoms with Crippen LogP contribution >= 0.6 is 0 Å². The molecule has 0 saturated carbocycles. The Kier molecular flexibility index (Phi) is 5.16. The van der Waals surface area contributed by atoms with Crippen LogP contribution < -0.4 is 4.90 Å². The zero-order valence-corrected chi connectivity index (χ0v) is 13.8. The molecule has 0 amide bonds. The standard InChI is InChI=1S/C17H17N3.C2H6/c1-12-5-6-16(19-11-12)15-8-13-4-3-7-20(2)17(13)9-14(15)10-18;1-2/h5-6,8-9,11H,3-4,7H2,1-2H3;1-2H3. The van der Waals surface area contributed by atoms with Gasteiger partial charge in [-0.3, -0.25) is 4.98 Å². The minimum absolute atomic E-state index is 0.703. The first-order valence-electron chi connectivity index (χ1n) is 7.90. The van der Waals surface area contributed by atoms with Crippen molar-refractivity contribution in [2.24, 2.45) is 0 Å². The van der Waals surface area contributed by atoms with Crippen LogP contribution in [0.3, 0.4) is 0 Å². The van der Waals surface area contributed by atoms with E-state index in [1.165, 1.54) is 11.3 Å². The third kappa shape index (κ3) is 3.12. The molecule has 1 aliphatic rings. The maximum Gasteiger partial charge on any atom is 0.0999 e. The third-order valence-electron chi connectivity index (χ3n) is 3.88. The van der Waals surface area contributed by atoms with Crippen LogP contribution in [0.4, 0.5) is 5.69 Å². The second-order valence-corrected chi connectivity index (χ2v) is 5.38. The Morgan fingerprint density at radius 1 is 1.23 bits per heavy atom. The average Bonchev–Trinajstić information content (AvgIpc) is 2.57. The van der Waals surface area contributed by atoms with Crippen molar-refractivity contribution >= 4 is 5.69 Å². The van der Waals surface area contributed by atoms with Gasteiger partial charge < -0.3 is 4.90 Å². The molecule has 0 radical (unpaired) electrons. The van der Waals surface area contributed by atoms with Crippen molar-refractivity contribution in [2.45, 2.75) is 33.6 Å². The molecule has 0 saturated heterocycles. The van der Waals surface area contributed by atoms with E-state index in [4.69, 9.17) is 0 Å². The fraction of sp³-hybridized carbons (Fsp3) is 0.368. The monoisotopic (exact) mass is 293 g/mol. The molecule has 3 heteroatoms. The number of fused-ring (bicyclic) bond motifs is 1. The van der Waals surface area contributed by atoms with Crippen LogP contribution in [-0.2, 0) is 6.42 Å². The van der Waals surface area contributed by atoms with Gasteiger partial charge in [0.15, 0.2) is 0 Å². The van der Waals surface area contributed by atoms with Gasteiger partial charge >= 0.3 is 0 Å². The summed E-state index contributed by atoms with van der Waals surface area (Å²) in [5.41, 5.74) is 6.15. The van der Waals surface area contributed by atoms with Crippen LogP contribution in [0.2, 0.25) is 0 Å². The molecule has 0 atom stereocenters. The number of nitrogens with zero attached hydrogens (tertiary/aromatic N) is 3. The van der Waals surface area contributed by atoms with E-state index in [0.29, 0.717) is 5.56 Å². The van der Waals surface area contributed by atoms with E-state index in [0.717, 1.165) is 36.2 Å². The molecule has 0 unspecified atom stereocenters. The summed E-state index contributed by atoms with van der Waals surface area (Å²) in [4.78, 5) is 6.69. The number of benzene rings is 1. The summed E-state index contributed by atoms with van der Waals surface area (Å²) < 4.78 is 0. The van der Waals surface area contributed by atoms with Crippen LogP contribution in [0, 0.1) is 18.3 Å². The second kappa shape index (κ2) is 7.09. The minimum atomic E-state index is 0.703. The highest BCUT2D eigenvalue weighted by Crippen LogP contribution is 2.33. The Bertz CT molecular complexity index is 681. The van der Waals surface area contributed by atoms with Gasteiger partial charge in [0.2, 0.25) is 0 Å². The van der Waals surface area contributed by atoms with E-state index < -0.39 is 0 Å². The quantitative estimate of drug-likeness (QED) is 0.785. The summed E-state index contributed by atoms with van der Waals surface area (Å²) in [5, 5.41) is 9.43. The second-order valence-electron chi connectivity index (χ2n) is 5.38. The third-order valence-corrected chi connectivity index (χ3v) is 3.88. The van der Waals surface area contributed by atoms with Crippen molar-refractivity contribution in [1.82, 2.24) is 4.98 Å². The van der Waals surface area contributed by atoms with Crippen molar-refractivity contribution in [1.29, 1.82) is 5.26 Å². The molecule has 22 heavy (non-hydrogen) atoms. The van der Waals surface area contributed by atoms with Gasteiger partial charge in [0, 0.05) is 31.0 Å². The number of hydrogen-bond acceptors (Lipinski definition) is 3. The van der Waals surface area contributed by atoms with Crippen LogP contribution in [0.25, 0.3) is 11.3 Å². The fourth-order valence-electron chi connectivity index (χ4n) is 2.75. The molecule has 0 bridgehead atoms. The number of hydrogen-bond donors (Lipinski definition) is 0. The van der Waals surface area contributed by atoms with Crippen LogP contribution in [0.5, 0.6) is 0 Å². The number of anilines is 1. The summed E-state index contributed by atoms with van der Waals surface area (Å²) >= 11 is 0. The van der Waals surface area contributed by atoms with Gasteiger partial charge in [-0.15, -0.1) is 0 Å². The van der Waals surface area contributed by atoms with E-state index in [-0.39, 0.29) is 0 Å². The summed E-state index contributed by atoms with van der Waals surface area (Å²) in [6.45, 7) is 7.07. The Morgan fingerprint density at radius 2 is 2.00 bits per heavy atom. The van der Waals surface area contributed by atoms with Crippen molar-refractivity contribution in [3.05, 3.63) is 47.2 Å². The molecular weight excluding hydrogens is 270 g/mol. The first kappa shape index (κ1) is 16.0. The Balaban J connectivity index is 0.000000847. The first-order valence-corrected chi connectivity index (χ1v) is 7.90. The summed E-state index contributed by atoms with van der Waals surface area (Å²) in [7, 11) is 2.09. The largest absolute Gasteiger partial charge is 0.374 e. The van der Waals surface area contributed by atoms with Crippen molar-refractivity contribution in [2.75, 3.05) is 18.5 Å². The smallest absolute Gasteiger partial charge is 0.0999 e. The van der Waals surface area contributed by atoms with Crippen molar-refractivity contribution < 1.29 is 0 Å². The predicted molar refractivity (Wildman–Crippen MR) is 92.1 cm³/mol. The van der Waals surface area contributed by atoms with Crippen molar-refractivity contribution in [3.63, 3.8) is 0 Å². The maximum atomic E-state index is 9.43. The van der Waals surface area contributed by atoms with E-state index in [9.17, 15) is 5.26 Å². The average molecular weight is 293 g/mol. The normalized spacial score (nSPS) is 12.8. The SMILES string of the molecule is CC.Cc1ccc(-c2cc3c(cc2C#N)N(C)CCC3)nc1. The molecule has 2 heterocycles. The van der Waals surface area contributed by atoms with E-state index in [1.54, 1.807) is 0 Å². The zero-order valence-electron chi connectivity index (χ0n) is 13.8. The maximum absolute atomic E-state index is 9.43. The molecule has 3 rings (SSSR count). The molecular formula is C19H23N3. The molecule has 0 aliphatic carbocycles. The highest BCUT2D eigenvalue weighted by atomic mass is 15.1. The number of aromatic nitrogens is 1. The Labute approximate surface area is 133 Å². The lowest BCUT2D eigenvalue weighted by molar-refractivity contribution is 0.744. The number of nitriles is 1. The highest BCUT2D eigenvalue weighted by Gasteiger charge is 2.17. The minimum Gasteiger partial charge on any atom is -0.374 e. The number of rotatable bonds is 1. The van der Waals surface area contributed by atoms with Gasteiger partial charge in [-0.05, 0) is 49.1 Å². The molecule has 0 spiro atoms. The summed E-state index contributed by atoms with van der Waals surface area (Å²) in [6.07, 6.45) is 4.09. The van der Waals surface area contributed by atoms with Gasteiger partial charge in [-0.2, -0.15) is 5.26 Å². The molecule has 0 fully saturated rings. The Hall–Kier alpha value is -2.34. The summed E-state index contributed by atoms with van der Waals surface area (Å²) in [6, 6.07) is 10.5. The molecule has 3 nitrogen and oxygen atoms in total. The number of pyridine rings is 1. The molecule has 1 aromatic heterocycles. The molecule has 2 aromatic rings. The van der Waals surface area contributed by atoms with Gasteiger partial charge in [0.25, 0.3) is 0 Å². The Morgan fingerprint density at radius 3 is 2.64 bits per heavy atom. The molecule has 0 N–H and O–H groups in total. The molecule has 114 valence electrons. The van der Waals surface area contributed by atoms with Gasteiger partial charge in [-0.25, -0.2) is 0 Å². The predicted octanol–water partition coefficient (Wildman–Crippen LogP) is 4.34. The lowest BCUT2D eigenvalue weighted by Crippen LogP contribution is -2.24. The van der Waals surface area contributed by atoms with E-state index in [2.05, 4.69) is 29.1 Å². The topological polar surface area (TPSA) is 39.9 Å². The van der Waals surface area contributed by atoms with E-state index >= 15 is 0 Å². The van der Waals surface area contributed by atoms with Crippen LogP contribution in [-0.4, -0.2) is 18.6 Å². The first-order chi connectivity index (χ1) is 10.7. The van der Waals surface area contributed by atoms with Gasteiger partial charge in [0.1, 0.15) is 0 Å².